The molecule has 1 aliphatic rings. The number of carbonyl (C=O) groups excluding carboxylic acids is 1. The average Bonchev–Trinajstić information content (AvgIpc) is 2.67. The van der Waals surface area contributed by atoms with E-state index in [1.807, 2.05) is 0 Å². The number of rotatable bonds is 6. The van der Waals surface area contributed by atoms with Gasteiger partial charge in [-0.25, -0.2) is 9.40 Å². The lowest BCUT2D eigenvalue weighted by atomic mass is 9.94. The Bertz CT molecular complexity index is 811. The highest BCUT2D eigenvalue weighted by molar-refractivity contribution is 6.31. The van der Waals surface area contributed by atoms with E-state index in [-0.39, 0.29) is 17.6 Å². The molecular weight excluding hydrogens is 369 g/mol. The van der Waals surface area contributed by atoms with Gasteiger partial charge in [-0.05, 0) is 37.1 Å². The number of nitroso groups, excluding NO2 is 1. The monoisotopic (exact) mass is 389 g/mol. The van der Waals surface area contributed by atoms with Crippen molar-refractivity contribution in [3.63, 3.8) is 0 Å². The molecule has 0 heterocycles. The van der Waals surface area contributed by atoms with Crippen LogP contribution in [0.5, 0.6) is 0 Å². The van der Waals surface area contributed by atoms with Crippen LogP contribution in [0.25, 0.3) is 0 Å². The number of nitrogens with zero attached hydrogens (tertiary/aromatic N) is 2. The molecule has 0 aromatic heterocycles. The predicted molar refractivity (Wildman–Crippen MR) is 104 cm³/mol. The molecule has 5 nitrogen and oxygen atoms in total. The summed E-state index contributed by atoms with van der Waals surface area (Å²) in [5.41, 5.74) is 0.630. The zero-order valence-electron chi connectivity index (χ0n) is 14.8. The largest absolute Gasteiger partial charge is 0.351 e. The van der Waals surface area contributed by atoms with E-state index in [2.05, 4.69) is 10.6 Å². The topological polar surface area (TPSA) is 61.8 Å². The van der Waals surface area contributed by atoms with Crippen molar-refractivity contribution in [2.24, 2.45) is 5.29 Å². The van der Waals surface area contributed by atoms with Crippen LogP contribution in [0.15, 0.2) is 53.8 Å². The molecule has 0 spiro atoms. The Balaban J connectivity index is 1.97. The highest BCUT2D eigenvalue weighted by Crippen LogP contribution is 2.33. The number of benzene rings is 2. The van der Waals surface area contributed by atoms with Gasteiger partial charge >= 0.3 is 0 Å². The maximum absolute atomic E-state index is 13.7. The van der Waals surface area contributed by atoms with Gasteiger partial charge < -0.3 is 5.32 Å². The second-order valence-electron chi connectivity index (χ2n) is 6.67. The van der Waals surface area contributed by atoms with Crippen LogP contribution in [0.2, 0.25) is 5.02 Å². The smallest absolute Gasteiger partial charge is 0.249 e. The Morgan fingerprint density at radius 3 is 2.56 bits per heavy atom. The van der Waals surface area contributed by atoms with Crippen molar-refractivity contribution in [3.05, 3.63) is 69.8 Å². The molecule has 1 fully saturated rings. The third-order valence-electron chi connectivity index (χ3n) is 4.80. The van der Waals surface area contributed by atoms with Crippen molar-refractivity contribution in [2.45, 2.75) is 44.2 Å². The van der Waals surface area contributed by atoms with Crippen LogP contribution >= 0.6 is 11.6 Å². The van der Waals surface area contributed by atoms with E-state index < -0.39 is 11.9 Å². The van der Waals surface area contributed by atoms with Crippen molar-refractivity contribution >= 4 is 23.2 Å². The summed E-state index contributed by atoms with van der Waals surface area (Å²) >= 11 is 6.30. The van der Waals surface area contributed by atoms with E-state index in [0.717, 1.165) is 37.1 Å². The Hall–Kier alpha value is -2.47. The number of hydrogen-bond acceptors (Lipinski definition) is 3. The zero-order valence-corrected chi connectivity index (χ0v) is 15.5. The first-order valence-electron chi connectivity index (χ1n) is 9.03. The molecule has 1 saturated carbocycles. The minimum atomic E-state index is -1.08. The maximum Gasteiger partial charge on any atom is 0.249 e. The second kappa shape index (κ2) is 8.95. The molecule has 1 aliphatic carbocycles. The van der Waals surface area contributed by atoms with Gasteiger partial charge in [-0.2, -0.15) is 0 Å². The standard InChI is InChI=1S/C20H21ClFN3O2/c21-18-12-5-4-11-17(18)19(20(26)23-15-8-2-1-3-9-15)25(24-27)16-10-6-7-14(22)13-16/h4-7,10-13,15,19H,1-3,8-9H2,(H,23,26). The fourth-order valence-electron chi connectivity index (χ4n) is 3.47. The van der Waals surface area contributed by atoms with Crippen molar-refractivity contribution in [2.75, 3.05) is 5.01 Å². The number of anilines is 1. The Kier molecular flexibility index (Phi) is 6.40. The van der Waals surface area contributed by atoms with E-state index in [4.69, 9.17) is 11.6 Å². The zero-order chi connectivity index (χ0) is 19.2. The number of hydrogen-bond donors (Lipinski definition) is 1. The molecule has 3 rings (SSSR count). The number of carbonyl (C=O) groups is 1. The lowest BCUT2D eigenvalue weighted by Crippen LogP contribution is -2.44. The van der Waals surface area contributed by atoms with Gasteiger partial charge in [0.1, 0.15) is 5.82 Å². The molecule has 27 heavy (non-hydrogen) atoms. The lowest BCUT2D eigenvalue weighted by molar-refractivity contribution is -0.123. The maximum atomic E-state index is 13.7. The molecule has 1 unspecified atom stereocenters. The third kappa shape index (κ3) is 4.63. The van der Waals surface area contributed by atoms with Gasteiger partial charge in [-0.15, -0.1) is 4.91 Å². The van der Waals surface area contributed by atoms with Crippen molar-refractivity contribution in [1.29, 1.82) is 0 Å². The van der Waals surface area contributed by atoms with Gasteiger partial charge in [-0.3, -0.25) is 4.79 Å². The minimum absolute atomic E-state index is 0.0530. The highest BCUT2D eigenvalue weighted by Gasteiger charge is 2.32. The van der Waals surface area contributed by atoms with E-state index in [9.17, 15) is 14.1 Å². The lowest BCUT2D eigenvalue weighted by Gasteiger charge is -2.30. The quantitative estimate of drug-likeness (QED) is 0.548. The van der Waals surface area contributed by atoms with E-state index in [1.165, 1.54) is 24.3 Å². The third-order valence-corrected chi connectivity index (χ3v) is 5.15. The van der Waals surface area contributed by atoms with E-state index in [1.54, 1.807) is 24.3 Å². The van der Waals surface area contributed by atoms with Crippen LogP contribution in [0.1, 0.15) is 43.7 Å². The van der Waals surface area contributed by atoms with Crippen molar-refractivity contribution in [3.8, 4) is 0 Å². The Morgan fingerprint density at radius 2 is 1.89 bits per heavy atom. The first kappa shape index (κ1) is 19.3. The van der Waals surface area contributed by atoms with Gasteiger partial charge in [0.05, 0.1) is 11.0 Å². The fraction of sp³-hybridized carbons (Fsp3) is 0.350. The molecule has 142 valence electrons. The second-order valence-corrected chi connectivity index (χ2v) is 7.08. The van der Waals surface area contributed by atoms with E-state index >= 15 is 0 Å². The van der Waals surface area contributed by atoms with Crippen LogP contribution < -0.4 is 10.3 Å². The first-order chi connectivity index (χ1) is 13.1. The van der Waals surface area contributed by atoms with Crippen LogP contribution in [0, 0.1) is 10.7 Å². The minimum Gasteiger partial charge on any atom is -0.351 e. The van der Waals surface area contributed by atoms with Crippen LogP contribution in [0.4, 0.5) is 10.1 Å². The molecular formula is C20H21ClFN3O2. The molecule has 2 aromatic rings. The van der Waals surface area contributed by atoms with Gasteiger partial charge in [-0.1, -0.05) is 55.1 Å². The van der Waals surface area contributed by atoms with Gasteiger partial charge in [0.2, 0.25) is 5.91 Å². The Morgan fingerprint density at radius 1 is 1.15 bits per heavy atom. The van der Waals surface area contributed by atoms with E-state index in [0.29, 0.717) is 10.6 Å². The highest BCUT2D eigenvalue weighted by atomic mass is 35.5. The summed E-state index contributed by atoms with van der Waals surface area (Å²) in [4.78, 5) is 24.8. The summed E-state index contributed by atoms with van der Waals surface area (Å²) < 4.78 is 13.7. The van der Waals surface area contributed by atoms with Crippen molar-refractivity contribution < 1.29 is 9.18 Å². The Labute approximate surface area is 162 Å². The normalized spacial score (nSPS) is 15.8. The van der Waals surface area contributed by atoms with Gasteiger partial charge in [0, 0.05) is 16.6 Å². The molecule has 0 saturated heterocycles. The molecule has 2 aromatic carbocycles. The molecule has 1 amide bonds. The molecule has 0 bridgehead atoms. The summed E-state index contributed by atoms with van der Waals surface area (Å²) in [6.07, 6.45) is 5.07. The molecule has 1 atom stereocenters. The fourth-order valence-corrected chi connectivity index (χ4v) is 3.71. The molecule has 0 radical (unpaired) electrons. The SMILES string of the molecule is O=NN(c1cccc(F)c1)C(C(=O)NC1CCCCC1)c1ccccc1Cl. The number of nitrogens with one attached hydrogen (secondary N) is 1. The summed E-state index contributed by atoms with van der Waals surface area (Å²) in [6, 6.07) is 11.2. The van der Waals surface area contributed by atoms with Crippen LogP contribution in [-0.2, 0) is 4.79 Å². The number of amides is 1. The predicted octanol–water partition coefficient (Wildman–Crippen LogP) is 5.16. The molecule has 1 N–H and O–H groups in total. The summed E-state index contributed by atoms with van der Waals surface area (Å²) in [6.45, 7) is 0. The van der Waals surface area contributed by atoms with Gasteiger partial charge in [0.15, 0.2) is 6.04 Å². The first-order valence-corrected chi connectivity index (χ1v) is 9.41. The summed E-state index contributed by atoms with van der Waals surface area (Å²) in [5, 5.41) is 7.35. The van der Waals surface area contributed by atoms with Crippen LogP contribution in [-0.4, -0.2) is 11.9 Å². The summed E-state index contributed by atoms with van der Waals surface area (Å²) in [5.74, 6) is -0.898. The van der Waals surface area contributed by atoms with Gasteiger partial charge in [0.25, 0.3) is 0 Å². The molecule has 7 heteroatoms. The average molecular weight is 390 g/mol. The van der Waals surface area contributed by atoms with Crippen molar-refractivity contribution in [1.82, 2.24) is 5.32 Å². The number of halogens is 2. The summed E-state index contributed by atoms with van der Waals surface area (Å²) in [7, 11) is 0. The van der Waals surface area contributed by atoms with Crippen LogP contribution in [0.3, 0.4) is 0 Å². The molecule has 0 aliphatic heterocycles.